The van der Waals surface area contributed by atoms with E-state index in [1.165, 1.54) is 12.1 Å². The molecular weight excluding hydrogens is 930 g/mol. The number of rotatable bonds is 17. The smallest absolute Gasteiger partial charge is 0.258 e. The Labute approximate surface area is 409 Å². The van der Waals surface area contributed by atoms with Crippen molar-refractivity contribution in [3.05, 3.63) is 104 Å². The van der Waals surface area contributed by atoms with Gasteiger partial charge in [-0.15, -0.1) is 0 Å². The number of nitrogen functional groups attached to an aromatic ring is 1. The summed E-state index contributed by atoms with van der Waals surface area (Å²) < 4.78 is 49.0. The molecule has 2 saturated heterocycles. The number of nitrogens with zero attached hydrogens (tertiary/aromatic N) is 6. The second kappa shape index (κ2) is 21.0. The van der Waals surface area contributed by atoms with Gasteiger partial charge < -0.3 is 41.8 Å². The van der Waals surface area contributed by atoms with Gasteiger partial charge in [0.2, 0.25) is 0 Å². The van der Waals surface area contributed by atoms with Crippen LogP contribution in [0.5, 0.6) is 11.5 Å². The van der Waals surface area contributed by atoms with Crippen LogP contribution in [0.25, 0.3) is 11.0 Å². The Bertz CT molecular complexity index is 2880. The van der Waals surface area contributed by atoms with Crippen LogP contribution in [0.3, 0.4) is 0 Å². The monoisotopic (exact) mass is 988 g/mol. The molecule has 6 heterocycles. The summed E-state index contributed by atoms with van der Waals surface area (Å²) in [4.78, 5) is 46.6. The molecule has 4 unspecified atom stereocenters. The van der Waals surface area contributed by atoms with Crippen LogP contribution < -0.4 is 41.8 Å². The van der Waals surface area contributed by atoms with E-state index in [1.54, 1.807) is 31.7 Å². The van der Waals surface area contributed by atoms with Gasteiger partial charge in [-0.25, -0.2) is 28.7 Å². The van der Waals surface area contributed by atoms with Crippen molar-refractivity contribution in [3.63, 3.8) is 0 Å². The lowest BCUT2D eigenvalue weighted by molar-refractivity contribution is 0.0926. The fraction of sp³-hybridized carbons (Fsp3) is 0.469. The number of aryl methyl sites for hydroxylation is 2. The third kappa shape index (κ3) is 10.3. The van der Waals surface area contributed by atoms with Gasteiger partial charge in [0, 0.05) is 60.8 Å². The van der Waals surface area contributed by atoms with Gasteiger partial charge >= 0.3 is 0 Å². The lowest BCUT2D eigenvalue weighted by Gasteiger charge is -2.25. The molecule has 2 aliphatic heterocycles. The molecule has 0 spiro atoms. The quantitative estimate of drug-likeness (QED) is 0.0524. The number of amides is 2. The lowest BCUT2D eigenvalue weighted by atomic mass is 9.95. The minimum absolute atomic E-state index is 0.0294. The van der Waals surface area contributed by atoms with E-state index in [2.05, 4.69) is 36.6 Å². The zero-order valence-electron chi connectivity index (χ0n) is 39.9. The summed E-state index contributed by atoms with van der Waals surface area (Å²) in [5.41, 5.74) is 9.20. The number of aromatic nitrogens is 6. The number of hydrogen-bond acceptors (Lipinski definition) is 12. The molecular formula is C49H60Cl2F2N12O4. The third-order valence-electron chi connectivity index (χ3n) is 13.1. The zero-order valence-corrected chi connectivity index (χ0v) is 41.4. The predicted molar refractivity (Wildman–Crippen MR) is 263 cm³/mol. The van der Waals surface area contributed by atoms with E-state index in [0.717, 1.165) is 45.4 Å². The molecule has 20 heteroatoms. The number of carbonyl (C=O) groups excluding carboxylic acids is 2. The van der Waals surface area contributed by atoms with Crippen LogP contribution in [0.2, 0.25) is 10.0 Å². The summed E-state index contributed by atoms with van der Waals surface area (Å²) >= 11 is 13.2. The second-order valence-electron chi connectivity index (χ2n) is 18.5. The number of ether oxygens (including phenoxy) is 2. The number of carbonyl (C=O) groups is 2. The number of piperidine rings is 1. The number of fused-ring (bicyclic) bond motifs is 2. The van der Waals surface area contributed by atoms with Crippen molar-refractivity contribution in [2.45, 2.75) is 91.8 Å². The summed E-state index contributed by atoms with van der Waals surface area (Å²) in [5, 5.41) is 15.4. The van der Waals surface area contributed by atoms with Crippen molar-refractivity contribution in [1.82, 2.24) is 50.0 Å². The first-order valence-electron chi connectivity index (χ1n) is 23.5. The molecule has 0 saturated carbocycles. The van der Waals surface area contributed by atoms with Crippen LogP contribution in [-0.2, 0) is 0 Å². The number of hydrogen-bond donors (Lipinski definition) is 6. The van der Waals surface area contributed by atoms with E-state index in [1.807, 2.05) is 50.3 Å². The number of nitrogens with one attached hydrogen (secondary N) is 5. The molecule has 0 bridgehead atoms. The largest absolute Gasteiger partial charge is 0.490 e. The summed E-state index contributed by atoms with van der Waals surface area (Å²) in [6.07, 6.45) is 8.30. The third-order valence-corrected chi connectivity index (χ3v) is 13.6. The fourth-order valence-electron chi connectivity index (χ4n) is 9.43. The van der Waals surface area contributed by atoms with E-state index in [0.29, 0.717) is 69.9 Å². The van der Waals surface area contributed by atoms with Gasteiger partial charge in [-0.3, -0.25) is 18.4 Å². The molecule has 6 aromatic rings. The molecule has 2 aliphatic rings. The molecule has 0 radical (unpaired) electrons. The Hall–Kier alpha value is -5.82. The molecule has 69 heavy (non-hydrogen) atoms. The van der Waals surface area contributed by atoms with Crippen LogP contribution in [0, 0.1) is 37.3 Å². The zero-order chi connectivity index (χ0) is 49.3. The first-order chi connectivity index (χ1) is 33.0. The van der Waals surface area contributed by atoms with Gasteiger partial charge in [-0.1, -0.05) is 37.0 Å². The first-order valence-corrected chi connectivity index (χ1v) is 24.3. The fourth-order valence-corrected chi connectivity index (χ4v) is 9.86. The van der Waals surface area contributed by atoms with E-state index in [9.17, 15) is 9.59 Å². The van der Waals surface area contributed by atoms with Crippen molar-refractivity contribution < 1.29 is 27.8 Å². The molecule has 2 aromatic carbocycles. The number of halogens is 4. The Kier molecular flexibility index (Phi) is 15.1. The number of anilines is 2. The highest BCUT2D eigenvalue weighted by molar-refractivity contribution is 6.31. The Morgan fingerprint density at radius 3 is 1.84 bits per heavy atom. The van der Waals surface area contributed by atoms with E-state index in [-0.39, 0.29) is 51.1 Å². The first kappa shape index (κ1) is 49.6. The minimum Gasteiger partial charge on any atom is -0.490 e. The van der Waals surface area contributed by atoms with E-state index < -0.39 is 47.5 Å². The van der Waals surface area contributed by atoms with Gasteiger partial charge in [0.25, 0.3) is 11.8 Å². The van der Waals surface area contributed by atoms with Crippen molar-refractivity contribution in [1.29, 1.82) is 0 Å². The summed E-state index contributed by atoms with van der Waals surface area (Å²) in [5.74, 6) is -1.65. The highest BCUT2D eigenvalue weighted by atomic mass is 35.5. The van der Waals surface area contributed by atoms with Crippen molar-refractivity contribution in [2.24, 2.45) is 11.8 Å². The van der Waals surface area contributed by atoms with Gasteiger partial charge in [-0.05, 0) is 104 Å². The molecule has 7 N–H and O–H groups in total. The highest BCUT2D eigenvalue weighted by Gasteiger charge is 2.33. The van der Waals surface area contributed by atoms with Gasteiger partial charge in [-0.2, -0.15) is 0 Å². The maximum atomic E-state index is 16.4. The van der Waals surface area contributed by atoms with Crippen molar-refractivity contribution in [3.8, 4) is 11.5 Å². The Morgan fingerprint density at radius 1 is 0.768 bits per heavy atom. The second-order valence-corrected chi connectivity index (χ2v) is 19.3. The average Bonchev–Trinajstić information content (AvgIpc) is 4.07. The number of imidazole rings is 2. The predicted octanol–water partition coefficient (Wildman–Crippen LogP) is 7.59. The number of nitrogens with two attached hydrogens (primary N) is 1. The molecule has 368 valence electrons. The number of benzene rings is 2. The van der Waals surface area contributed by atoms with E-state index in [4.69, 9.17) is 48.4 Å². The summed E-state index contributed by atoms with van der Waals surface area (Å²) in [6, 6.07) is 2.98. The van der Waals surface area contributed by atoms with Crippen molar-refractivity contribution >= 4 is 57.7 Å². The molecule has 4 aromatic heterocycles. The van der Waals surface area contributed by atoms with Crippen LogP contribution in [0.1, 0.15) is 121 Å². The van der Waals surface area contributed by atoms with Gasteiger partial charge in [0.05, 0.1) is 34.1 Å². The Morgan fingerprint density at radius 2 is 1.28 bits per heavy atom. The van der Waals surface area contributed by atoms with E-state index >= 15 is 8.78 Å². The van der Waals surface area contributed by atoms with Crippen molar-refractivity contribution in [2.75, 3.05) is 56.9 Å². The van der Waals surface area contributed by atoms with Crippen LogP contribution in [0.4, 0.5) is 20.4 Å². The normalized spacial score (nSPS) is 16.8. The summed E-state index contributed by atoms with van der Waals surface area (Å²) in [7, 11) is 0. The maximum absolute atomic E-state index is 16.4. The van der Waals surface area contributed by atoms with Crippen LogP contribution >= 0.6 is 23.2 Å². The maximum Gasteiger partial charge on any atom is 0.258 e. The summed E-state index contributed by atoms with van der Waals surface area (Å²) in [6.45, 7) is 17.1. The highest BCUT2D eigenvalue weighted by Crippen LogP contribution is 2.42. The standard InChI is InChI=1S/C49H60Cl2F2N12O4/c1-24(2)68-42-32(18-34(50)38(52)36(42)48(66)61-23-31-10-13-56-21-31)26(4)47-63-29(7)41-45(58-15-17-65(41)47)59-20-25(3)69-43-33(27(5)46-62-28(6)40-44(54)57-14-16-64(40)46)19-35(51)39(53)37(43)49(67)60-22-30-8-11-55-12-9-30/h14-19,24-27,30-31,55-56H,8-13,20-23H2,1-7H3,(H2,54,57)(H,58,59)(H,60,67)(H,61,66). The van der Waals surface area contributed by atoms with Crippen LogP contribution in [-0.4, -0.2) is 98.6 Å². The molecule has 2 amide bonds. The minimum atomic E-state index is -0.898. The van der Waals surface area contributed by atoms with Gasteiger partial charge in [0.1, 0.15) is 57.2 Å². The Balaban J connectivity index is 1.10. The average molecular weight is 990 g/mol. The van der Waals surface area contributed by atoms with Crippen LogP contribution in [0.15, 0.2) is 36.9 Å². The molecule has 4 atom stereocenters. The van der Waals surface area contributed by atoms with Gasteiger partial charge in [0.15, 0.2) is 17.5 Å². The molecule has 2 fully saturated rings. The molecule has 0 aliphatic carbocycles. The molecule has 16 nitrogen and oxygen atoms in total. The SMILES string of the molecule is Cc1nc(C(C)c2cc(Cl)c(F)c(C(=O)NCC3CCNCC3)c2OC(C)CNc2nccn3c(C(C)c4cc(Cl)c(F)c(C(=O)NCC5CCNC5)c4OC(C)C)nc(C)c23)n2ccnc(N)c12. The molecule has 8 rings (SSSR count). The topological polar surface area (TPSA) is 199 Å². The lowest BCUT2D eigenvalue weighted by Crippen LogP contribution is -2.36.